The van der Waals surface area contributed by atoms with E-state index in [0.717, 1.165) is 11.3 Å². The van der Waals surface area contributed by atoms with E-state index < -0.39 is 12.1 Å². The van der Waals surface area contributed by atoms with Gasteiger partial charge in [0.2, 0.25) is 0 Å². The van der Waals surface area contributed by atoms with Crippen LogP contribution in [0, 0.1) is 6.92 Å². The lowest BCUT2D eigenvalue weighted by molar-refractivity contribution is 0.0701. The van der Waals surface area contributed by atoms with Crippen LogP contribution in [0.1, 0.15) is 32.2 Å². The fourth-order valence-electron chi connectivity index (χ4n) is 2.42. The normalized spacial score (nSPS) is 12.3. The molecule has 1 unspecified atom stereocenters. The number of aromatic nitrogens is 5. The number of thiazole rings is 1. The van der Waals surface area contributed by atoms with Crippen LogP contribution in [-0.4, -0.2) is 41.1 Å². The highest BCUT2D eigenvalue weighted by molar-refractivity contribution is 7.13. The molecule has 24 heavy (non-hydrogen) atoms. The van der Waals surface area contributed by atoms with E-state index in [2.05, 4.69) is 20.3 Å². The number of hydrogen-bond donors (Lipinski definition) is 2. The number of aryl methyl sites for hydroxylation is 2. The summed E-state index contributed by atoms with van der Waals surface area (Å²) in [7, 11) is 1.69. The topological polar surface area (TPSA) is 114 Å². The number of carbonyl (C=O) groups is 1. The van der Waals surface area contributed by atoms with Gasteiger partial charge in [0, 0.05) is 19.7 Å². The van der Waals surface area contributed by atoms with Crippen molar-refractivity contribution >= 4 is 17.3 Å². The molecule has 0 radical (unpaired) electrons. The summed E-state index contributed by atoms with van der Waals surface area (Å²) in [5.74, 6) is -1.01. The molecular formula is C15H15N5O3S. The number of carboxylic acid groups (broad SMARTS) is 1. The largest absolute Gasteiger partial charge is 0.477 e. The van der Waals surface area contributed by atoms with Gasteiger partial charge >= 0.3 is 5.97 Å². The molecule has 124 valence electrons. The molecule has 3 rings (SSSR count). The van der Waals surface area contributed by atoms with Crippen LogP contribution < -0.4 is 0 Å². The Bertz CT molecular complexity index is 875. The minimum atomic E-state index is -1.01. The van der Waals surface area contributed by atoms with Crippen molar-refractivity contribution in [2.45, 2.75) is 19.4 Å². The Balaban J connectivity index is 1.91. The third kappa shape index (κ3) is 3.03. The first-order valence-corrected chi connectivity index (χ1v) is 7.97. The SMILES string of the molecule is Cc1nc(CC(O)c2c(-c3ccccn3)nnn2C)sc1C(=O)O. The predicted molar refractivity (Wildman–Crippen MR) is 86.7 cm³/mol. The maximum absolute atomic E-state index is 11.1. The fourth-order valence-corrected chi connectivity index (χ4v) is 3.36. The highest BCUT2D eigenvalue weighted by Crippen LogP contribution is 2.28. The Morgan fingerprint density at radius 1 is 1.42 bits per heavy atom. The molecule has 3 heterocycles. The molecule has 0 aromatic carbocycles. The Kier molecular flexibility index (Phi) is 4.36. The molecule has 0 saturated carbocycles. The molecule has 3 aromatic rings. The molecule has 0 fully saturated rings. The zero-order chi connectivity index (χ0) is 17.3. The Hall–Kier alpha value is -2.65. The van der Waals surface area contributed by atoms with Crippen molar-refractivity contribution in [2.24, 2.45) is 7.05 Å². The van der Waals surface area contributed by atoms with Crippen molar-refractivity contribution in [3.8, 4) is 11.4 Å². The van der Waals surface area contributed by atoms with E-state index in [1.54, 1.807) is 32.3 Å². The molecule has 0 spiro atoms. The van der Waals surface area contributed by atoms with Gasteiger partial charge in [-0.2, -0.15) is 0 Å². The zero-order valence-electron chi connectivity index (χ0n) is 13.0. The first kappa shape index (κ1) is 16.2. The maximum Gasteiger partial charge on any atom is 0.347 e. The number of carboxylic acids is 1. The number of nitrogens with zero attached hydrogens (tertiary/aromatic N) is 5. The van der Waals surface area contributed by atoms with E-state index in [-0.39, 0.29) is 11.3 Å². The molecule has 9 heteroatoms. The molecule has 0 aliphatic rings. The van der Waals surface area contributed by atoms with Gasteiger partial charge in [-0.3, -0.25) is 4.98 Å². The standard InChI is InChI=1S/C15H15N5O3S/c1-8-14(15(22)23)24-11(17-8)7-10(21)13-12(18-19-20(13)2)9-5-3-4-6-16-9/h3-6,10,21H,7H2,1-2H3,(H,22,23). The Morgan fingerprint density at radius 2 is 2.21 bits per heavy atom. The highest BCUT2D eigenvalue weighted by Gasteiger charge is 2.24. The minimum absolute atomic E-state index is 0.180. The van der Waals surface area contributed by atoms with Crippen LogP contribution in [0.15, 0.2) is 24.4 Å². The van der Waals surface area contributed by atoms with Gasteiger partial charge in [0.25, 0.3) is 0 Å². The fraction of sp³-hybridized carbons (Fsp3) is 0.267. The van der Waals surface area contributed by atoms with Crippen molar-refractivity contribution in [1.82, 2.24) is 25.0 Å². The molecule has 0 aliphatic heterocycles. The van der Waals surface area contributed by atoms with Crippen molar-refractivity contribution in [1.29, 1.82) is 0 Å². The second kappa shape index (κ2) is 6.46. The number of pyridine rings is 1. The molecule has 0 bridgehead atoms. The zero-order valence-corrected chi connectivity index (χ0v) is 13.9. The number of aromatic carboxylic acids is 1. The minimum Gasteiger partial charge on any atom is -0.477 e. The van der Waals surface area contributed by atoms with Crippen LogP contribution in [0.4, 0.5) is 0 Å². The second-order valence-electron chi connectivity index (χ2n) is 5.21. The summed E-state index contributed by atoms with van der Waals surface area (Å²) in [6, 6.07) is 5.41. The van der Waals surface area contributed by atoms with Crippen LogP contribution in [0.2, 0.25) is 0 Å². The summed E-state index contributed by atoms with van der Waals surface area (Å²) >= 11 is 1.06. The highest BCUT2D eigenvalue weighted by atomic mass is 32.1. The van der Waals surface area contributed by atoms with E-state index in [9.17, 15) is 9.90 Å². The van der Waals surface area contributed by atoms with Crippen LogP contribution in [0.3, 0.4) is 0 Å². The van der Waals surface area contributed by atoms with Crippen molar-refractivity contribution < 1.29 is 15.0 Å². The van der Waals surface area contributed by atoms with Gasteiger partial charge in [0.05, 0.1) is 22.1 Å². The van der Waals surface area contributed by atoms with Crippen molar-refractivity contribution in [3.63, 3.8) is 0 Å². The van der Waals surface area contributed by atoms with Gasteiger partial charge in [0.15, 0.2) is 0 Å². The lowest BCUT2D eigenvalue weighted by atomic mass is 10.1. The van der Waals surface area contributed by atoms with Crippen LogP contribution in [0.5, 0.6) is 0 Å². The first-order valence-electron chi connectivity index (χ1n) is 7.16. The van der Waals surface area contributed by atoms with E-state index in [1.165, 1.54) is 4.68 Å². The van der Waals surface area contributed by atoms with Gasteiger partial charge in [-0.1, -0.05) is 11.3 Å². The van der Waals surface area contributed by atoms with Gasteiger partial charge in [-0.25, -0.2) is 14.5 Å². The van der Waals surface area contributed by atoms with Crippen LogP contribution in [-0.2, 0) is 13.5 Å². The lowest BCUT2D eigenvalue weighted by Crippen LogP contribution is -2.09. The number of aliphatic hydroxyl groups excluding tert-OH is 1. The van der Waals surface area contributed by atoms with E-state index >= 15 is 0 Å². The first-order chi connectivity index (χ1) is 11.5. The molecular weight excluding hydrogens is 330 g/mol. The summed E-state index contributed by atoms with van der Waals surface area (Å²) in [5.41, 5.74) is 2.07. The smallest absolute Gasteiger partial charge is 0.347 e. The summed E-state index contributed by atoms with van der Waals surface area (Å²) in [4.78, 5) is 19.8. The number of aliphatic hydroxyl groups is 1. The molecule has 0 saturated heterocycles. The van der Waals surface area contributed by atoms with Crippen molar-refractivity contribution in [3.05, 3.63) is 45.7 Å². The average molecular weight is 345 g/mol. The summed E-state index contributed by atoms with van der Waals surface area (Å²) in [6.45, 7) is 1.64. The summed E-state index contributed by atoms with van der Waals surface area (Å²) in [5, 5.41) is 28.3. The second-order valence-corrected chi connectivity index (χ2v) is 6.29. The van der Waals surface area contributed by atoms with Crippen LogP contribution >= 0.6 is 11.3 Å². The van der Waals surface area contributed by atoms with Crippen molar-refractivity contribution in [2.75, 3.05) is 0 Å². The van der Waals surface area contributed by atoms with Gasteiger partial charge in [-0.05, 0) is 19.1 Å². The molecule has 8 nitrogen and oxygen atoms in total. The predicted octanol–water partition coefficient (Wildman–Crippen LogP) is 1.62. The summed E-state index contributed by atoms with van der Waals surface area (Å²) < 4.78 is 1.49. The molecule has 3 aromatic heterocycles. The molecule has 1 atom stereocenters. The third-order valence-corrected chi connectivity index (χ3v) is 4.66. The number of hydrogen-bond acceptors (Lipinski definition) is 7. The van der Waals surface area contributed by atoms with Gasteiger partial charge in [0.1, 0.15) is 16.7 Å². The van der Waals surface area contributed by atoms with Gasteiger partial charge < -0.3 is 10.2 Å². The quantitative estimate of drug-likeness (QED) is 0.722. The van der Waals surface area contributed by atoms with Gasteiger partial charge in [-0.15, -0.1) is 16.4 Å². The van der Waals surface area contributed by atoms with E-state index in [0.29, 0.717) is 27.8 Å². The van der Waals surface area contributed by atoms with E-state index in [1.807, 2.05) is 6.07 Å². The third-order valence-electron chi connectivity index (χ3n) is 3.50. The van der Waals surface area contributed by atoms with E-state index in [4.69, 9.17) is 5.11 Å². The average Bonchev–Trinajstić information content (AvgIpc) is 3.11. The maximum atomic E-state index is 11.1. The number of rotatable bonds is 5. The molecule has 0 amide bonds. The monoisotopic (exact) mass is 345 g/mol. The Morgan fingerprint density at radius 3 is 2.83 bits per heavy atom. The lowest BCUT2D eigenvalue weighted by Gasteiger charge is -2.10. The molecule has 0 aliphatic carbocycles. The Labute approximate surface area is 141 Å². The molecule has 2 N–H and O–H groups in total. The summed E-state index contributed by atoms with van der Waals surface area (Å²) in [6.07, 6.45) is 0.901. The van der Waals surface area contributed by atoms with Crippen LogP contribution in [0.25, 0.3) is 11.4 Å².